The summed E-state index contributed by atoms with van der Waals surface area (Å²) >= 11 is 0. The Morgan fingerprint density at radius 2 is 1.91 bits per heavy atom. The molecule has 0 bridgehead atoms. The van der Waals surface area contributed by atoms with Crippen LogP contribution in [-0.2, 0) is 12.8 Å². The van der Waals surface area contributed by atoms with Crippen LogP contribution in [0.25, 0.3) is 0 Å². The quantitative estimate of drug-likeness (QED) is 0.553. The number of hydrogen-bond donors (Lipinski definition) is 1. The van der Waals surface area contributed by atoms with Gasteiger partial charge in [0.05, 0.1) is 12.2 Å². The topological polar surface area (TPSA) is 50.2 Å². The molecule has 0 spiro atoms. The molecule has 5 rings (SSSR count). The Labute approximate surface area is 190 Å². The average Bonchev–Trinajstić information content (AvgIpc) is 3.26. The maximum Gasteiger partial charge on any atom is 0.410 e. The molecule has 5 nitrogen and oxygen atoms in total. The van der Waals surface area contributed by atoms with Crippen molar-refractivity contribution in [3.63, 3.8) is 0 Å². The van der Waals surface area contributed by atoms with Crippen LogP contribution in [0.5, 0.6) is 0 Å². The molecule has 0 fully saturated rings. The molecule has 2 aliphatic rings. The highest BCUT2D eigenvalue weighted by Gasteiger charge is 2.47. The van der Waals surface area contributed by atoms with Crippen molar-refractivity contribution in [1.29, 1.82) is 0 Å². The van der Waals surface area contributed by atoms with Crippen molar-refractivity contribution in [2.75, 3.05) is 16.8 Å². The van der Waals surface area contributed by atoms with Crippen LogP contribution in [-0.4, -0.2) is 28.4 Å². The number of nitrogens with one attached hydrogen (secondary N) is 1. The zero-order valence-electron chi connectivity index (χ0n) is 18.3. The van der Waals surface area contributed by atoms with Crippen LogP contribution in [0.1, 0.15) is 58.9 Å². The summed E-state index contributed by atoms with van der Waals surface area (Å²) in [6, 6.07) is 12.9. The van der Waals surface area contributed by atoms with Gasteiger partial charge in [0.1, 0.15) is 11.4 Å². The Bertz CT molecular complexity index is 1170. The Morgan fingerprint density at radius 1 is 1.15 bits per heavy atom. The van der Waals surface area contributed by atoms with Crippen molar-refractivity contribution in [1.82, 2.24) is 9.78 Å². The molecule has 172 valence electrons. The van der Waals surface area contributed by atoms with Crippen LogP contribution in [0.4, 0.5) is 24.7 Å². The summed E-state index contributed by atoms with van der Waals surface area (Å²) in [5.74, 6) is -0.208. The summed E-state index contributed by atoms with van der Waals surface area (Å²) in [6.45, 7) is 2.55. The number of alkyl halides is 3. The minimum Gasteiger partial charge on any atom is -0.363 e. The van der Waals surface area contributed by atoms with Gasteiger partial charge in [-0.3, -0.25) is 4.79 Å². The van der Waals surface area contributed by atoms with Crippen molar-refractivity contribution < 1.29 is 18.0 Å². The largest absolute Gasteiger partial charge is 0.410 e. The molecule has 2 aromatic carbocycles. The van der Waals surface area contributed by atoms with Crippen LogP contribution in [0.3, 0.4) is 0 Å². The second kappa shape index (κ2) is 8.24. The van der Waals surface area contributed by atoms with Crippen molar-refractivity contribution in [2.45, 2.75) is 50.9 Å². The van der Waals surface area contributed by atoms with Gasteiger partial charge >= 0.3 is 6.18 Å². The van der Waals surface area contributed by atoms with Gasteiger partial charge in [-0.15, -0.1) is 0 Å². The molecule has 33 heavy (non-hydrogen) atoms. The zero-order valence-corrected chi connectivity index (χ0v) is 18.3. The van der Waals surface area contributed by atoms with Crippen molar-refractivity contribution in [3.05, 3.63) is 77.0 Å². The molecular weight excluding hydrogens is 429 g/mol. The number of amides is 1. The van der Waals surface area contributed by atoms with Crippen LogP contribution in [0, 0.1) is 0 Å². The molecule has 8 heteroatoms. The van der Waals surface area contributed by atoms with E-state index in [0.717, 1.165) is 46.3 Å². The van der Waals surface area contributed by atoms with E-state index in [2.05, 4.69) is 10.4 Å². The number of nitrogens with zero attached hydrogens (tertiary/aromatic N) is 3. The molecule has 3 aromatic rings. The van der Waals surface area contributed by atoms with E-state index >= 15 is 0 Å². The lowest BCUT2D eigenvalue weighted by Crippen LogP contribution is -2.38. The molecule has 0 radical (unpaired) electrons. The number of rotatable bonds is 3. The van der Waals surface area contributed by atoms with E-state index in [-0.39, 0.29) is 23.7 Å². The first kappa shape index (κ1) is 21.6. The number of benzene rings is 2. The smallest absolute Gasteiger partial charge is 0.363 e. The van der Waals surface area contributed by atoms with Gasteiger partial charge in [0.15, 0.2) is 6.04 Å². The summed E-state index contributed by atoms with van der Waals surface area (Å²) in [6.07, 6.45) is -0.880. The van der Waals surface area contributed by atoms with E-state index in [1.807, 2.05) is 55.5 Å². The standard InChI is InChI=1S/C25H25F3N4O/c1-2-16-9-11-17(12-10-16)20-14-22(25(26,27)28)32-23(30-20)19(15-29-32)24(33)31-13-5-7-18-6-3-4-8-21(18)31/h3-4,6,8-12,15,20,22,30H,2,5,7,13-14H2,1H3/t20-,22-/m1/s1. The Morgan fingerprint density at radius 3 is 2.64 bits per heavy atom. The molecule has 0 saturated heterocycles. The third kappa shape index (κ3) is 3.87. The summed E-state index contributed by atoms with van der Waals surface area (Å²) in [7, 11) is 0. The van der Waals surface area contributed by atoms with E-state index in [0.29, 0.717) is 6.54 Å². The number of hydrogen-bond acceptors (Lipinski definition) is 3. The van der Waals surface area contributed by atoms with Crippen LogP contribution in [0.15, 0.2) is 54.7 Å². The van der Waals surface area contributed by atoms with Gasteiger partial charge < -0.3 is 10.2 Å². The number of halogens is 3. The van der Waals surface area contributed by atoms with E-state index < -0.39 is 18.3 Å². The van der Waals surface area contributed by atoms with E-state index in [9.17, 15) is 18.0 Å². The summed E-state index contributed by atoms with van der Waals surface area (Å²) in [4.78, 5) is 15.2. The summed E-state index contributed by atoms with van der Waals surface area (Å²) < 4.78 is 42.9. The second-order valence-corrected chi connectivity index (χ2v) is 8.63. The first-order valence-corrected chi connectivity index (χ1v) is 11.3. The summed E-state index contributed by atoms with van der Waals surface area (Å²) in [5, 5.41) is 7.22. The predicted octanol–water partition coefficient (Wildman–Crippen LogP) is 5.70. The SMILES string of the molecule is CCc1ccc([C@H]2C[C@H](C(F)(F)F)n3ncc(C(=O)N4CCCc5ccccc54)c3N2)cc1. The van der Waals surface area contributed by atoms with Gasteiger partial charge in [-0.1, -0.05) is 49.4 Å². The number of carbonyl (C=O) groups is 1. The van der Waals surface area contributed by atoms with Gasteiger partial charge in [0, 0.05) is 18.7 Å². The predicted molar refractivity (Wildman–Crippen MR) is 121 cm³/mol. The number of aryl methyl sites for hydroxylation is 2. The Kier molecular flexibility index (Phi) is 5.38. The third-order valence-electron chi connectivity index (χ3n) is 6.61. The van der Waals surface area contributed by atoms with Crippen molar-refractivity contribution in [2.24, 2.45) is 0 Å². The highest BCUT2D eigenvalue weighted by molar-refractivity contribution is 6.09. The normalized spacial score (nSPS) is 20.1. The van der Waals surface area contributed by atoms with Gasteiger partial charge in [-0.2, -0.15) is 18.3 Å². The first-order chi connectivity index (χ1) is 15.9. The van der Waals surface area contributed by atoms with Gasteiger partial charge in [0.2, 0.25) is 0 Å². The minimum absolute atomic E-state index is 0.126. The van der Waals surface area contributed by atoms with Gasteiger partial charge in [0.25, 0.3) is 5.91 Å². The third-order valence-corrected chi connectivity index (χ3v) is 6.61. The fraction of sp³-hybridized carbons (Fsp3) is 0.360. The lowest BCUT2D eigenvalue weighted by atomic mass is 9.95. The molecule has 3 heterocycles. The molecule has 1 aromatic heterocycles. The lowest BCUT2D eigenvalue weighted by molar-refractivity contribution is -0.173. The maximum absolute atomic E-state index is 14.0. The second-order valence-electron chi connectivity index (χ2n) is 8.63. The van der Waals surface area contributed by atoms with Crippen molar-refractivity contribution in [3.8, 4) is 0 Å². The molecule has 0 saturated carbocycles. The Balaban J connectivity index is 1.53. The first-order valence-electron chi connectivity index (χ1n) is 11.3. The van der Waals surface area contributed by atoms with E-state index in [1.54, 1.807) is 4.90 Å². The van der Waals surface area contributed by atoms with Crippen LogP contribution in [0.2, 0.25) is 0 Å². The molecular formula is C25H25F3N4O. The van der Waals surface area contributed by atoms with Crippen molar-refractivity contribution >= 4 is 17.4 Å². The van der Waals surface area contributed by atoms with Crippen LogP contribution >= 0.6 is 0 Å². The number of aromatic nitrogens is 2. The molecule has 1 N–H and O–H groups in total. The number of anilines is 2. The lowest BCUT2D eigenvalue weighted by Gasteiger charge is -2.35. The fourth-order valence-corrected chi connectivity index (χ4v) is 4.81. The van der Waals surface area contributed by atoms with E-state index in [4.69, 9.17) is 0 Å². The number of fused-ring (bicyclic) bond motifs is 2. The average molecular weight is 454 g/mol. The maximum atomic E-state index is 14.0. The highest BCUT2D eigenvalue weighted by Crippen LogP contribution is 2.44. The van der Waals surface area contributed by atoms with Crippen LogP contribution < -0.4 is 10.2 Å². The molecule has 0 aliphatic carbocycles. The van der Waals surface area contributed by atoms with E-state index in [1.165, 1.54) is 6.20 Å². The monoisotopic (exact) mass is 454 g/mol. The fourth-order valence-electron chi connectivity index (χ4n) is 4.81. The summed E-state index contributed by atoms with van der Waals surface area (Å²) in [5.41, 5.74) is 3.91. The molecule has 1 amide bonds. The number of carbonyl (C=O) groups excluding carboxylic acids is 1. The molecule has 2 atom stereocenters. The van der Waals surface area contributed by atoms with Gasteiger partial charge in [-0.05, 0) is 42.0 Å². The number of para-hydroxylation sites is 1. The molecule has 2 aliphatic heterocycles. The minimum atomic E-state index is -4.48. The Hall–Kier alpha value is -3.29. The molecule has 0 unspecified atom stereocenters. The van der Waals surface area contributed by atoms with Gasteiger partial charge in [-0.25, -0.2) is 4.68 Å². The highest BCUT2D eigenvalue weighted by atomic mass is 19.4. The zero-order chi connectivity index (χ0) is 23.2.